The number of fused-ring (bicyclic) bond motifs is 1. The molecule has 4 rings (SSSR count). The number of hydrogen-bond donors (Lipinski definition) is 1. The summed E-state index contributed by atoms with van der Waals surface area (Å²) in [4.78, 5) is 3.82. The van der Waals surface area contributed by atoms with E-state index in [1.807, 2.05) is 25.1 Å². The fraction of sp³-hybridized carbons (Fsp3) is 0.0870. The van der Waals surface area contributed by atoms with Crippen LogP contribution in [0.1, 0.15) is 11.1 Å². The lowest BCUT2D eigenvalue weighted by Gasteiger charge is -2.12. The van der Waals surface area contributed by atoms with Crippen molar-refractivity contribution in [2.24, 2.45) is 0 Å². The van der Waals surface area contributed by atoms with Crippen LogP contribution in [0.4, 0.5) is 18.9 Å². The van der Waals surface area contributed by atoms with Gasteiger partial charge in [0.05, 0.1) is 16.0 Å². The van der Waals surface area contributed by atoms with E-state index in [9.17, 15) is 21.6 Å². The molecule has 1 heterocycles. The lowest BCUT2D eigenvalue weighted by molar-refractivity contribution is -0.137. The highest BCUT2D eigenvalue weighted by Gasteiger charge is 2.31. The summed E-state index contributed by atoms with van der Waals surface area (Å²) in [6.07, 6.45) is -2.90. The Balaban J connectivity index is 1.51. The van der Waals surface area contributed by atoms with Crippen LogP contribution >= 0.6 is 0 Å². The van der Waals surface area contributed by atoms with Crippen molar-refractivity contribution in [3.63, 3.8) is 0 Å². The zero-order chi connectivity index (χ0) is 22.9. The summed E-state index contributed by atoms with van der Waals surface area (Å²) < 4.78 is 71.8. The Kier molecular flexibility index (Phi) is 5.52. The number of alkyl halides is 3. The molecule has 0 bridgehead atoms. The number of hydrogen-bond acceptors (Lipinski definition) is 4. The lowest BCUT2D eigenvalue weighted by atomic mass is 10.1. The molecule has 9 heteroatoms. The van der Waals surface area contributed by atoms with E-state index in [0.29, 0.717) is 17.6 Å². The number of ether oxygens (including phenoxy) is 1. The molecule has 0 fully saturated rings. The minimum absolute atomic E-state index is 0.188. The number of nitrogens with zero attached hydrogens (tertiary/aromatic N) is 1. The van der Waals surface area contributed by atoms with Crippen LogP contribution in [0.25, 0.3) is 10.9 Å². The number of halogens is 3. The van der Waals surface area contributed by atoms with Crippen molar-refractivity contribution in [2.45, 2.75) is 18.0 Å². The maximum Gasteiger partial charge on any atom is 0.416 e. The second-order valence-corrected chi connectivity index (χ2v) is 8.75. The first-order valence-electron chi connectivity index (χ1n) is 9.45. The molecule has 0 aliphatic rings. The summed E-state index contributed by atoms with van der Waals surface area (Å²) >= 11 is 0. The Bertz CT molecular complexity index is 1390. The minimum Gasteiger partial charge on any atom is -0.457 e. The van der Waals surface area contributed by atoms with Crippen LogP contribution in [0, 0.1) is 6.92 Å². The van der Waals surface area contributed by atoms with Gasteiger partial charge >= 0.3 is 6.18 Å². The van der Waals surface area contributed by atoms with E-state index in [0.717, 1.165) is 34.7 Å². The molecule has 5 nitrogen and oxygen atoms in total. The molecule has 0 aliphatic heterocycles. The Morgan fingerprint density at radius 1 is 0.906 bits per heavy atom. The number of pyridine rings is 1. The second kappa shape index (κ2) is 8.16. The average molecular weight is 458 g/mol. The summed E-state index contributed by atoms with van der Waals surface area (Å²) in [5.74, 6) is 1.05. The van der Waals surface area contributed by atoms with Crippen LogP contribution in [0.2, 0.25) is 0 Å². The van der Waals surface area contributed by atoms with Gasteiger partial charge in [-0.05, 0) is 79.2 Å². The Labute approximate surface area is 182 Å². The fourth-order valence-electron chi connectivity index (χ4n) is 3.11. The molecule has 0 atom stereocenters. The molecule has 32 heavy (non-hydrogen) atoms. The van der Waals surface area contributed by atoms with E-state index in [4.69, 9.17) is 4.74 Å². The molecular formula is C23H17F3N2O3S. The molecule has 1 N–H and O–H groups in total. The van der Waals surface area contributed by atoms with Gasteiger partial charge in [-0.25, -0.2) is 8.42 Å². The molecule has 0 amide bonds. The zero-order valence-corrected chi connectivity index (χ0v) is 17.5. The number of anilines is 1. The van der Waals surface area contributed by atoms with Crippen molar-refractivity contribution in [1.29, 1.82) is 0 Å². The minimum atomic E-state index is -4.64. The van der Waals surface area contributed by atoms with Gasteiger partial charge in [-0.15, -0.1) is 0 Å². The monoisotopic (exact) mass is 458 g/mol. The highest BCUT2D eigenvalue weighted by molar-refractivity contribution is 7.92. The Morgan fingerprint density at radius 3 is 2.34 bits per heavy atom. The van der Waals surface area contributed by atoms with Crippen molar-refractivity contribution in [1.82, 2.24) is 4.98 Å². The van der Waals surface area contributed by atoms with Crippen molar-refractivity contribution in [3.05, 3.63) is 90.1 Å². The maximum absolute atomic E-state index is 12.9. The molecule has 0 saturated heterocycles. The molecule has 0 unspecified atom stereocenters. The molecule has 0 aliphatic carbocycles. The molecule has 0 spiro atoms. The van der Waals surface area contributed by atoms with Gasteiger partial charge in [-0.1, -0.05) is 6.07 Å². The van der Waals surface area contributed by atoms with E-state index in [1.54, 1.807) is 24.4 Å². The van der Waals surface area contributed by atoms with Crippen molar-refractivity contribution < 1.29 is 26.3 Å². The average Bonchev–Trinajstić information content (AvgIpc) is 2.75. The first-order chi connectivity index (χ1) is 15.1. The summed E-state index contributed by atoms with van der Waals surface area (Å²) in [5.41, 5.74) is 1.05. The predicted octanol–water partition coefficient (Wildman–Crippen LogP) is 6.16. The van der Waals surface area contributed by atoms with E-state index in [2.05, 4.69) is 9.71 Å². The van der Waals surface area contributed by atoms with E-state index < -0.39 is 26.7 Å². The molecule has 3 aromatic carbocycles. The molecule has 164 valence electrons. The lowest BCUT2D eigenvalue weighted by Crippen LogP contribution is -2.14. The van der Waals surface area contributed by atoms with E-state index in [-0.39, 0.29) is 5.69 Å². The van der Waals surface area contributed by atoms with Crippen molar-refractivity contribution in [3.8, 4) is 11.5 Å². The van der Waals surface area contributed by atoms with Crippen LogP contribution < -0.4 is 9.46 Å². The third kappa shape index (κ3) is 4.67. The molecule has 0 radical (unpaired) electrons. The first-order valence-corrected chi connectivity index (χ1v) is 10.9. The molecule has 4 aromatic rings. The molecule has 0 saturated carbocycles. The fourth-order valence-corrected chi connectivity index (χ4v) is 4.21. The Morgan fingerprint density at radius 2 is 1.62 bits per heavy atom. The number of rotatable bonds is 5. The summed E-state index contributed by atoms with van der Waals surface area (Å²) in [6.45, 7) is 1.97. The smallest absolute Gasteiger partial charge is 0.416 e. The van der Waals surface area contributed by atoms with Crippen LogP contribution in [0.3, 0.4) is 0 Å². The standard InChI is InChI=1S/C23H17F3N2O3S/c1-15-11-12-27-22-10-9-19(14-21(15)22)31-18-7-5-17(6-8-18)28-32(29,30)20-4-2-3-16(13-20)23(24,25)26/h2-14,28H,1H3. The third-order valence-electron chi connectivity index (χ3n) is 4.74. The summed E-state index contributed by atoms with van der Waals surface area (Å²) in [7, 11) is -4.19. The van der Waals surface area contributed by atoms with E-state index in [1.165, 1.54) is 12.1 Å². The zero-order valence-electron chi connectivity index (χ0n) is 16.7. The first kappa shape index (κ1) is 21.6. The molecular weight excluding hydrogens is 441 g/mol. The van der Waals surface area contributed by atoms with Crippen LogP contribution in [-0.2, 0) is 16.2 Å². The number of aromatic nitrogens is 1. The Hall–Kier alpha value is -3.59. The van der Waals surface area contributed by atoms with Gasteiger partial charge in [0.2, 0.25) is 0 Å². The van der Waals surface area contributed by atoms with Gasteiger partial charge in [0.25, 0.3) is 10.0 Å². The highest BCUT2D eigenvalue weighted by atomic mass is 32.2. The van der Waals surface area contributed by atoms with Gasteiger partial charge in [0.15, 0.2) is 0 Å². The number of aryl methyl sites for hydroxylation is 1. The van der Waals surface area contributed by atoms with Crippen molar-refractivity contribution in [2.75, 3.05) is 4.72 Å². The SMILES string of the molecule is Cc1ccnc2ccc(Oc3ccc(NS(=O)(=O)c4cccc(C(F)(F)F)c4)cc3)cc12. The maximum atomic E-state index is 12.9. The second-order valence-electron chi connectivity index (χ2n) is 7.06. The van der Waals surface area contributed by atoms with Gasteiger partial charge in [-0.2, -0.15) is 13.2 Å². The van der Waals surface area contributed by atoms with Crippen LogP contribution in [0.15, 0.2) is 83.9 Å². The van der Waals surface area contributed by atoms with Crippen LogP contribution in [0.5, 0.6) is 11.5 Å². The highest BCUT2D eigenvalue weighted by Crippen LogP contribution is 2.31. The van der Waals surface area contributed by atoms with Gasteiger partial charge in [-0.3, -0.25) is 9.71 Å². The number of sulfonamides is 1. The predicted molar refractivity (Wildman–Crippen MR) is 115 cm³/mol. The topological polar surface area (TPSA) is 68.3 Å². The number of nitrogens with one attached hydrogen (secondary N) is 1. The van der Waals surface area contributed by atoms with Gasteiger partial charge in [0, 0.05) is 17.3 Å². The quantitative estimate of drug-likeness (QED) is 0.389. The van der Waals surface area contributed by atoms with Gasteiger partial charge in [0.1, 0.15) is 11.5 Å². The van der Waals surface area contributed by atoms with Crippen LogP contribution in [-0.4, -0.2) is 13.4 Å². The largest absolute Gasteiger partial charge is 0.457 e. The normalized spacial score (nSPS) is 12.0. The summed E-state index contributed by atoms with van der Waals surface area (Å²) in [6, 6.07) is 17.0. The summed E-state index contributed by atoms with van der Waals surface area (Å²) in [5, 5.41) is 0.954. The third-order valence-corrected chi connectivity index (χ3v) is 6.12. The number of benzene rings is 3. The van der Waals surface area contributed by atoms with E-state index >= 15 is 0 Å². The van der Waals surface area contributed by atoms with Gasteiger partial charge < -0.3 is 4.74 Å². The van der Waals surface area contributed by atoms with Crippen molar-refractivity contribution >= 4 is 26.6 Å². The molecule has 1 aromatic heterocycles.